The number of carbonyl (C=O) groups excluding carboxylic acids is 1. The van der Waals surface area contributed by atoms with Crippen LogP contribution >= 0.6 is 0 Å². The number of aromatic nitrogens is 1. The first-order valence-electron chi connectivity index (χ1n) is 10.3. The predicted octanol–water partition coefficient (Wildman–Crippen LogP) is 3.80. The molecule has 6 N–H and O–H groups in total. The van der Waals surface area contributed by atoms with Crippen LogP contribution in [0.4, 0.5) is 27.6 Å². The molecule has 0 saturated heterocycles. The van der Waals surface area contributed by atoms with E-state index in [9.17, 15) is 26.7 Å². The molecule has 12 heteroatoms. The zero-order chi connectivity index (χ0) is 25.4. The summed E-state index contributed by atoms with van der Waals surface area (Å²) in [5, 5.41) is 6.26. The van der Waals surface area contributed by atoms with Gasteiger partial charge in [-0.25, -0.2) is 14.6 Å². The third kappa shape index (κ3) is 4.64. The van der Waals surface area contributed by atoms with E-state index < -0.39 is 34.8 Å². The van der Waals surface area contributed by atoms with Crippen molar-refractivity contribution in [2.24, 2.45) is 16.8 Å². The Morgan fingerprint density at radius 2 is 1.80 bits per heavy atom. The third-order valence-electron chi connectivity index (χ3n) is 5.79. The van der Waals surface area contributed by atoms with Gasteiger partial charge in [0, 0.05) is 34.6 Å². The number of hydrogen-bond acceptors (Lipinski definition) is 5. The molecule has 1 aliphatic carbocycles. The number of hydrogen-bond donors (Lipinski definition) is 4. The number of alkyl halides is 3. The van der Waals surface area contributed by atoms with Crippen LogP contribution in [0.2, 0.25) is 0 Å². The van der Waals surface area contributed by atoms with Crippen LogP contribution in [0.5, 0.6) is 0 Å². The maximum absolute atomic E-state index is 14.3. The minimum Gasteiger partial charge on any atom is -0.325 e. The Morgan fingerprint density at radius 3 is 2.34 bits per heavy atom. The van der Waals surface area contributed by atoms with Crippen LogP contribution in [0.25, 0.3) is 11.1 Å². The first kappa shape index (κ1) is 24.1. The number of nitrogens with zero attached hydrogens (tertiary/aromatic N) is 2. The fraction of sp³-hybridized carbons (Fsp3) is 0.174. The van der Waals surface area contributed by atoms with Crippen molar-refractivity contribution in [3.8, 4) is 11.1 Å². The highest BCUT2D eigenvalue weighted by Gasteiger charge is 2.52. The monoisotopic (exact) mass is 490 g/mol. The van der Waals surface area contributed by atoms with Crippen molar-refractivity contribution < 1.29 is 26.7 Å². The highest BCUT2D eigenvalue weighted by Crippen LogP contribution is 2.50. The number of anilines is 1. The molecule has 3 aromatic rings. The van der Waals surface area contributed by atoms with Gasteiger partial charge in [0.25, 0.3) is 0 Å². The van der Waals surface area contributed by atoms with E-state index in [1.165, 1.54) is 30.3 Å². The maximum Gasteiger partial charge on any atom is 0.433 e. The molecular weight excluding hydrogens is 471 g/mol. The summed E-state index contributed by atoms with van der Waals surface area (Å²) in [6, 6.07) is 9.63. The predicted molar refractivity (Wildman–Crippen MR) is 119 cm³/mol. The summed E-state index contributed by atoms with van der Waals surface area (Å²) in [5.41, 5.74) is 1.45. The molecule has 1 aliphatic rings. The van der Waals surface area contributed by atoms with Gasteiger partial charge in [-0.3, -0.25) is 9.78 Å². The van der Waals surface area contributed by atoms with Crippen LogP contribution in [0.15, 0.2) is 59.8 Å². The standard InChI is InChI=1S/C23H19F5N6O/c24-13-2-5-17(18(25)9-13)22(7-8-22)21(35)32-14-3-4-15(16(10-14)20(33-29)34-30)12-1-6-19(31-11-12)23(26,27)28/h1-6,9-11H,7-8,29-30H2,(H,32,35)(H,33,34). The average Bonchev–Trinajstić information content (AvgIpc) is 3.61. The fourth-order valence-electron chi connectivity index (χ4n) is 3.85. The molecule has 0 unspecified atom stereocenters. The van der Waals surface area contributed by atoms with Crippen molar-refractivity contribution >= 4 is 17.4 Å². The lowest BCUT2D eigenvalue weighted by molar-refractivity contribution is -0.141. The van der Waals surface area contributed by atoms with E-state index in [-0.39, 0.29) is 22.6 Å². The van der Waals surface area contributed by atoms with Crippen molar-refractivity contribution in [3.63, 3.8) is 0 Å². The number of pyridine rings is 1. The normalized spacial score (nSPS) is 15.0. The topological polar surface area (TPSA) is 118 Å². The van der Waals surface area contributed by atoms with E-state index in [2.05, 4.69) is 20.8 Å². The zero-order valence-corrected chi connectivity index (χ0v) is 18.0. The van der Waals surface area contributed by atoms with Crippen molar-refractivity contribution in [1.29, 1.82) is 0 Å². The van der Waals surface area contributed by atoms with Gasteiger partial charge in [-0.05, 0) is 42.7 Å². The van der Waals surface area contributed by atoms with Gasteiger partial charge in [0.1, 0.15) is 17.3 Å². The smallest absolute Gasteiger partial charge is 0.325 e. The summed E-state index contributed by atoms with van der Waals surface area (Å²) < 4.78 is 66.3. The Morgan fingerprint density at radius 1 is 1.06 bits per heavy atom. The number of amidine groups is 1. The molecule has 0 radical (unpaired) electrons. The second-order valence-electron chi connectivity index (χ2n) is 7.97. The van der Waals surface area contributed by atoms with Crippen LogP contribution in [0, 0.1) is 11.6 Å². The van der Waals surface area contributed by atoms with Crippen molar-refractivity contribution in [2.75, 3.05) is 5.32 Å². The van der Waals surface area contributed by atoms with Crippen LogP contribution < -0.4 is 22.4 Å². The number of carbonyl (C=O) groups is 1. The molecule has 1 amide bonds. The van der Waals surface area contributed by atoms with E-state index in [1.807, 2.05) is 0 Å². The Kier molecular flexibility index (Phi) is 6.15. The van der Waals surface area contributed by atoms with E-state index in [0.717, 1.165) is 24.4 Å². The highest BCUT2D eigenvalue weighted by molar-refractivity contribution is 6.07. The van der Waals surface area contributed by atoms with E-state index in [4.69, 9.17) is 11.7 Å². The number of amides is 1. The average molecular weight is 490 g/mol. The molecule has 2 aromatic carbocycles. The van der Waals surface area contributed by atoms with Gasteiger partial charge < -0.3 is 16.6 Å². The molecule has 1 saturated carbocycles. The van der Waals surface area contributed by atoms with E-state index in [1.54, 1.807) is 0 Å². The van der Waals surface area contributed by atoms with Crippen molar-refractivity contribution in [3.05, 3.63) is 83.2 Å². The van der Waals surface area contributed by atoms with Crippen LogP contribution in [0.1, 0.15) is 29.7 Å². The molecule has 1 aromatic heterocycles. The summed E-state index contributed by atoms with van der Waals surface area (Å²) in [6.45, 7) is 0. The molecule has 0 spiro atoms. The molecule has 1 fully saturated rings. The number of benzene rings is 2. The summed E-state index contributed by atoms with van der Waals surface area (Å²) in [6.07, 6.45) is -2.80. The second-order valence-corrected chi connectivity index (χ2v) is 7.97. The molecule has 35 heavy (non-hydrogen) atoms. The van der Waals surface area contributed by atoms with Gasteiger partial charge >= 0.3 is 6.18 Å². The van der Waals surface area contributed by atoms with Crippen LogP contribution in [0.3, 0.4) is 0 Å². The van der Waals surface area contributed by atoms with Gasteiger partial charge in [-0.15, -0.1) is 0 Å². The quantitative estimate of drug-likeness (QED) is 0.143. The molecule has 182 valence electrons. The zero-order valence-electron chi connectivity index (χ0n) is 18.0. The van der Waals surface area contributed by atoms with Gasteiger partial charge in [-0.2, -0.15) is 18.3 Å². The first-order valence-corrected chi connectivity index (χ1v) is 10.3. The summed E-state index contributed by atoms with van der Waals surface area (Å²) in [7, 11) is 0. The lowest BCUT2D eigenvalue weighted by Crippen LogP contribution is -2.33. The SMILES string of the molecule is N/N=C(\NN)c1cc(NC(=O)C2(c3ccc(F)cc3F)CC2)ccc1-c1ccc(C(F)(F)F)nc1. The van der Waals surface area contributed by atoms with Gasteiger partial charge in [0.05, 0.1) is 5.41 Å². The highest BCUT2D eigenvalue weighted by atomic mass is 19.4. The Labute approximate surface area is 196 Å². The lowest BCUT2D eigenvalue weighted by Gasteiger charge is -2.18. The Bertz CT molecular complexity index is 1300. The van der Waals surface area contributed by atoms with Gasteiger partial charge in [0.2, 0.25) is 5.91 Å². The molecular formula is C23H19F5N6O. The third-order valence-corrected chi connectivity index (χ3v) is 5.79. The Hall–Kier alpha value is -4.06. The Balaban J connectivity index is 1.67. The van der Waals surface area contributed by atoms with E-state index in [0.29, 0.717) is 24.0 Å². The minimum absolute atomic E-state index is 0.0123. The van der Waals surface area contributed by atoms with Crippen molar-refractivity contribution in [1.82, 2.24) is 10.4 Å². The first-order chi connectivity index (χ1) is 16.6. The number of hydrazine groups is 1. The number of halogens is 5. The lowest BCUT2D eigenvalue weighted by atomic mass is 9.93. The molecule has 1 heterocycles. The number of nitrogens with two attached hydrogens (primary N) is 2. The molecule has 0 bridgehead atoms. The van der Waals surface area contributed by atoms with Crippen LogP contribution in [-0.2, 0) is 16.4 Å². The molecule has 0 atom stereocenters. The largest absolute Gasteiger partial charge is 0.433 e. The second kappa shape index (κ2) is 8.95. The minimum atomic E-state index is -4.60. The van der Waals surface area contributed by atoms with Crippen molar-refractivity contribution in [2.45, 2.75) is 24.4 Å². The summed E-state index contributed by atoms with van der Waals surface area (Å²) >= 11 is 0. The number of hydrazone groups is 1. The number of rotatable bonds is 5. The van der Waals surface area contributed by atoms with E-state index >= 15 is 0 Å². The number of nitrogens with one attached hydrogen (secondary N) is 2. The summed E-state index contributed by atoms with van der Waals surface area (Å²) in [4.78, 5) is 16.5. The van der Waals surface area contributed by atoms with Crippen LogP contribution in [-0.4, -0.2) is 16.7 Å². The molecule has 0 aliphatic heterocycles. The summed E-state index contributed by atoms with van der Waals surface area (Å²) in [5.74, 6) is 8.83. The van der Waals surface area contributed by atoms with Gasteiger partial charge in [0.15, 0.2) is 5.84 Å². The molecule has 4 rings (SSSR count). The van der Waals surface area contributed by atoms with Gasteiger partial charge in [-0.1, -0.05) is 18.2 Å². The maximum atomic E-state index is 14.3. The fourth-order valence-corrected chi connectivity index (χ4v) is 3.85. The molecule has 7 nitrogen and oxygen atoms in total.